The molecule has 1 heterocycles. The molecule has 0 aliphatic carbocycles. The molecule has 0 unspecified atom stereocenters. The van der Waals surface area contributed by atoms with Crippen molar-refractivity contribution in [1.29, 1.82) is 0 Å². The number of halogens is 1. The lowest BCUT2D eigenvalue weighted by Gasteiger charge is -2.42. The lowest BCUT2D eigenvalue weighted by atomic mass is 10.0. The predicted octanol–water partition coefficient (Wildman–Crippen LogP) is 2.40. The summed E-state index contributed by atoms with van der Waals surface area (Å²) < 4.78 is 5.74. The average Bonchev–Trinajstić information content (AvgIpc) is 2.31. The van der Waals surface area contributed by atoms with Crippen LogP contribution in [-0.2, 0) is 0 Å². The van der Waals surface area contributed by atoms with E-state index in [1.165, 1.54) is 0 Å². The van der Waals surface area contributed by atoms with Crippen LogP contribution in [0.1, 0.15) is 13.8 Å². The van der Waals surface area contributed by atoms with E-state index in [2.05, 4.69) is 24.1 Å². The molecule has 1 saturated heterocycles. The molecule has 3 nitrogen and oxygen atoms in total. The summed E-state index contributed by atoms with van der Waals surface area (Å²) in [5.41, 5.74) is 0.204. The van der Waals surface area contributed by atoms with E-state index in [4.69, 9.17) is 16.3 Å². The molecule has 100 valence electrons. The van der Waals surface area contributed by atoms with E-state index in [0.717, 1.165) is 37.0 Å². The van der Waals surface area contributed by atoms with E-state index >= 15 is 0 Å². The Labute approximate surface area is 114 Å². The van der Waals surface area contributed by atoms with E-state index in [9.17, 15) is 0 Å². The minimum Gasteiger partial charge on any atom is -0.492 e. The number of piperazine rings is 1. The highest BCUT2D eigenvalue weighted by molar-refractivity contribution is 6.30. The average molecular weight is 269 g/mol. The summed E-state index contributed by atoms with van der Waals surface area (Å²) in [6, 6.07) is 7.56. The maximum absolute atomic E-state index is 5.92. The largest absolute Gasteiger partial charge is 0.492 e. The molecule has 1 aromatic rings. The molecule has 0 saturated carbocycles. The van der Waals surface area contributed by atoms with Crippen LogP contribution in [0, 0.1) is 0 Å². The molecule has 1 aromatic carbocycles. The Hall–Kier alpha value is -0.770. The number of ether oxygens (including phenoxy) is 1. The number of nitrogens with zero attached hydrogens (tertiary/aromatic N) is 1. The van der Waals surface area contributed by atoms with Gasteiger partial charge in [-0.25, -0.2) is 0 Å². The van der Waals surface area contributed by atoms with Crippen molar-refractivity contribution in [2.24, 2.45) is 0 Å². The lowest BCUT2D eigenvalue weighted by molar-refractivity contribution is 0.0744. The van der Waals surface area contributed by atoms with Gasteiger partial charge in [0.15, 0.2) is 0 Å². The van der Waals surface area contributed by atoms with Crippen molar-refractivity contribution in [1.82, 2.24) is 10.2 Å². The van der Waals surface area contributed by atoms with Crippen LogP contribution in [-0.4, -0.2) is 43.2 Å². The van der Waals surface area contributed by atoms with Crippen molar-refractivity contribution in [3.8, 4) is 5.75 Å². The van der Waals surface area contributed by atoms with Crippen LogP contribution >= 0.6 is 11.6 Å². The molecule has 1 aliphatic rings. The molecular formula is C14H21ClN2O. The number of hydrogen-bond donors (Lipinski definition) is 1. The summed E-state index contributed by atoms with van der Waals surface area (Å²) in [6.07, 6.45) is 0. The highest BCUT2D eigenvalue weighted by Crippen LogP contribution is 2.18. The smallest absolute Gasteiger partial charge is 0.120 e. The van der Waals surface area contributed by atoms with Crippen LogP contribution in [0.15, 0.2) is 24.3 Å². The maximum atomic E-state index is 5.92. The van der Waals surface area contributed by atoms with Crippen LogP contribution in [0.25, 0.3) is 0 Å². The third kappa shape index (κ3) is 3.61. The van der Waals surface area contributed by atoms with E-state index in [1.54, 1.807) is 0 Å². The monoisotopic (exact) mass is 268 g/mol. The Bertz CT molecular complexity index is 395. The van der Waals surface area contributed by atoms with Gasteiger partial charge in [0.25, 0.3) is 0 Å². The van der Waals surface area contributed by atoms with E-state index in [-0.39, 0.29) is 5.54 Å². The van der Waals surface area contributed by atoms with Crippen LogP contribution < -0.4 is 10.1 Å². The second-order valence-electron chi connectivity index (χ2n) is 5.28. The van der Waals surface area contributed by atoms with Gasteiger partial charge in [0.1, 0.15) is 12.4 Å². The highest BCUT2D eigenvalue weighted by Gasteiger charge is 2.28. The molecule has 4 heteroatoms. The predicted molar refractivity (Wildman–Crippen MR) is 75.5 cm³/mol. The van der Waals surface area contributed by atoms with Crippen molar-refractivity contribution in [2.45, 2.75) is 19.4 Å². The molecular weight excluding hydrogens is 248 g/mol. The van der Waals surface area contributed by atoms with E-state index < -0.39 is 0 Å². The molecule has 2 rings (SSSR count). The minimum atomic E-state index is 0.204. The van der Waals surface area contributed by atoms with Crippen molar-refractivity contribution >= 4 is 11.6 Å². The lowest BCUT2D eigenvalue weighted by Crippen LogP contribution is -2.58. The second kappa shape index (κ2) is 5.91. The quantitative estimate of drug-likeness (QED) is 0.908. The molecule has 0 bridgehead atoms. The first-order valence-electron chi connectivity index (χ1n) is 6.42. The Balaban J connectivity index is 1.81. The zero-order chi connectivity index (χ0) is 13.0. The summed E-state index contributed by atoms with van der Waals surface area (Å²) in [6.45, 7) is 9.33. The molecule has 0 amide bonds. The standard InChI is InChI=1S/C14H21ClN2O/c1-14(2)11-16-6-7-17(14)8-9-18-13-5-3-4-12(15)10-13/h3-5,10,16H,6-9,11H2,1-2H3. The first-order valence-corrected chi connectivity index (χ1v) is 6.80. The van der Waals surface area contributed by atoms with Crippen LogP contribution in [0.4, 0.5) is 0 Å². The number of rotatable bonds is 4. The fourth-order valence-corrected chi connectivity index (χ4v) is 2.45. The molecule has 1 fully saturated rings. The number of nitrogens with one attached hydrogen (secondary N) is 1. The van der Waals surface area contributed by atoms with Crippen molar-refractivity contribution in [3.63, 3.8) is 0 Å². The van der Waals surface area contributed by atoms with Crippen LogP contribution in [0.5, 0.6) is 5.75 Å². The molecule has 0 spiro atoms. The molecule has 0 atom stereocenters. The van der Waals surface area contributed by atoms with Gasteiger partial charge in [0.2, 0.25) is 0 Å². The van der Waals surface area contributed by atoms with Gasteiger partial charge in [0.05, 0.1) is 0 Å². The van der Waals surface area contributed by atoms with Crippen molar-refractivity contribution in [2.75, 3.05) is 32.8 Å². The summed E-state index contributed by atoms with van der Waals surface area (Å²) in [4.78, 5) is 2.47. The van der Waals surface area contributed by atoms with E-state index in [0.29, 0.717) is 6.61 Å². The molecule has 18 heavy (non-hydrogen) atoms. The molecule has 0 radical (unpaired) electrons. The van der Waals surface area contributed by atoms with Gasteiger partial charge in [-0.15, -0.1) is 0 Å². The first kappa shape index (κ1) is 13.7. The summed E-state index contributed by atoms with van der Waals surface area (Å²) in [7, 11) is 0. The highest BCUT2D eigenvalue weighted by atomic mass is 35.5. The third-order valence-corrected chi connectivity index (χ3v) is 3.63. The number of hydrogen-bond acceptors (Lipinski definition) is 3. The van der Waals surface area contributed by atoms with Gasteiger partial charge < -0.3 is 10.1 Å². The first-order chi connectivity index (χ1) is 8.58. The zero-order valence-electron chi connectivity index (χ0n) is 11.1. The summed E-state index contributed by atoms with van der Waals surface area (Å²) >= 11 is 5.92. The van der Waals surface area contributed by atoms with Crippen molar-refractivity contribution in [3.05, 3.63) is 29.3 Å². The molecule has 1 aliphatic heterocycles. The van der Waals surface area contributed by atoms with Crippen LogP contribution in [0.3, 0.4) is 0 Å². The van der Waals surface area contributed by atoms with Crippen LogP contribution in [0.2, 0.25) is 5.02 Å². The maximum Gasteiger partial charge on any atom is 0.120 e. The Kier molecular flexibility index (Phi) is 4.49. The van der Waals surface area contributed by atoms with Gasteiger partial charge in [-0.2, -0.15) is 0 Å². The fraction of sp³-hybridized carbons (Fsp3) is 0.571. The SMILES string of the molecule is CC1(C)CNCCN1CCOc1cccc(Cl)c1. The van der Waals surface area contributed by atoms with Gasteiger partial charge >= 0.3 is 0 Å². The summed E-state index contributed by atoms with van der Waals surface area (Å²) in [5, 5.41) is 4.14. The Morgan fingerprint density at radius 1 is 1.44 bits per heavy atom. The minimum absolute atomic E-state index is 0.204. The Morgan fingerprint density at radius 3 is 3.00 bits per heavy atom. The molecule has 1 N–H and O–H groups in total. The van der Waals surface area contributed by atoms with E-state index in [1.807, 2.05) is 24.3 Å². The fourth-order valence-electron chi connectivity index (χ4n) is 2.27. The van der Waals surface area contributed by atoms with Gasteiger partial charge in [-0.05, 0) is 32.0 Å². The van der Waals surface area contributed by atoms with Gasteiger partial charge in [0, 0.05) is 36.7 Å². The Morgan fingerprint density at radius 2 is 2.28 bits per heavy atom. The topological polar surface area (TPSA) is 24.5 Å². The summed E-state index contributed by atoms with van der Waals surface area (Å²) in [5.74, 6) is 0.843. The van der Waals surface area contributed by atoms with Crippen molar-refractivity contribution < 1.29 is 4.74 Å². The van der Waals surface area contributed by atoms with Gasteiger partial charge in [-0.1, -0.05) is 17.7 Å². The molecule has 0 aromatic heterocycles. The normalized spacial score (nSPS) is 19.7. The zero-order valence-corrected chi connectivity index (χ0v) is 11.8. The number of benzene rings is 1. The van der Waals surface area contributed by atoms with Gasteiger partial charge in [-0.3, -0.25) is 4.90 Å². The third-order valence-electron chi connectivity index (χ3n) is 3.40. The second-order valence-corrected chi connectivity index (χ2v) is 5.72.